The van der Waals surface area contributed by atoms with Crippen molar-refractivity contribution in [1.29, 1.82) is 0 Å². The molecule has 1 aliphatic rings. The van der Waals surface area contributed by atoms with Gasteiger partial charge in [-0.1, -0.05) is 0 Å². The molecule has 0 aromatic carbocycles. The molecular formula is C12H17N5O. The number of nitrogens with one attached hydrogen (secondary N) is 1. The fourth-order valence-corrected chi connectivity index (χ4v) is 2.25. The number of hydrogen-bond acceptors (Lipinski definition) is 4. The number of aromatic nitrogens is 4. The van der Waals surface area contributed by atoms with Crippen LogP contribution in [0.15, 0.2) is 18.6 Å². The second kappa shape index (κ2) is 4.45. The van der Waals surface area contributed by atoms with Crippen LogP contribution in [0.4, 0.5) is 0 Å². The van der Waals surface area contributed by atoms with Crippen molar-refractivity contribution in [2.24, 2.45) is 7.05 Å². The Labute approximate surface area is 106 Å². The van der Waals surface area contributed by atoms with Crippen molar-refractivity contribution in [3.8, 4) is 5.88 Å². The molecule has 0 atom stereocenters. The van der Waals surface area contributed by atoms with Crippen LogP contribution in [-0.4, -0.2) is 39.5 Å². The molecule has 1 aliphatic heterocycles. The number of aryl methyl sites for hydroxylation is 1. The van der Waals surface area contributed by atoms with Gasteiger partial charge in [-0.05, 0) is 0 Å². The minimum absolute atomic E-state index is 0.582. The van der Waals surface area contributed by atoms with Crippen LogP contribution >= 0.6 is 0 Å². The number of methoxy groups -OCH3 is 1. The van der Waals surface area contributed by atoms with Gasteiger partial charge in [0.1, 0.15) is 0 Å². The van der Waals surface area contributed by atoms with Gasteiger partial charge in [-0.25, -0.2) is 9.67 Å². The van der Waals surface area contributed by atoms with Crippen LogP contribution in [0.5, 0.6) is 5.88 Å². The van der Waals surface area contributed by atoms with Gasteiger partial charge in [0.05, 0.1) is 25.7 Å². The molecule has 0 aliphatic carbocycles. The quantitative estimate of drug-likeness (QED) is 0.847. The highest BCUT2D eigenvalue weighted by molar-refractivity contribution is 5.18. The Hall–Kier alpha value is -1.82. The monoisotopic (exact) mass is 247 g/mol. The third-order valence-corrected chi connectivity index (χ3v) is 3.37. The highest BCUT2D eigenvalue weighted by Crippen LogP contribution is 2.20. The molecule has 96 valence electrons. The molecule has 1 fully saturated rings. The van der Waals surface area contributed by atoms with E-state index in [9.17, 15) is 0 Å². The largest absolute Gasteiger partial charge is 0.481 e. The minimum atomic E-state index is 0.582. The first kappa shape index (κ1) is 11.3. The lowest BCUT2D eigenvalue weighted by Gasteiger charge is -2.27. The Balaban J connectivity index is 1.81. The van der Waals surface area contributed by atoms with Crippen LogP contribution in [0.25, 0.3) is 0 Å². The summed E-state index contributed by atoms with van der Waals surface area (Å²) in [6, 6.07) is 1.96. The van der Waals surface area contributed by atoms with Gasteiger partial charge in [-0.2, -0.15) is 5.10 Å². The van der Waals surface area contributed by atoms with Crippen molar-refractivity contribution in [1.82, 2.24) is 24.6 Å². The van der Waals surface area contributed by atoms with E-state index in [2.05, 4.69) is 20.0 Å². The van der Waals surface area contributed by atoms with Gasteiger partial charge in [0.15, 0.2) is 0 Å². The molecule has 0 saturated carbocycles. The number of ether oxygens (including phenoxy) is 1. The zero-order valence-electron chi connectivity index (χ0n) is 10.6. The molecule has 2 aromatic heterocycles. The summed E-state index contributed by atoms with van der Waals surface area (Å²) < 4.78 is 9.13. The molecule has 2 aromatic rings. The lowest BCUT2D eigenvalue weighted by Crippen LogP contribution is -2.40. The molecule has 0 unspecified atom stereocenters. The summed E-state index contributed by atoms with van der Waals surface area (Å²) in [6.07, 6.45) is 3.82. The lowest BCUT2D eigenvalue weighted by atomic mass is 10.00. The van der Waals surface area contributed by atoms with Crippen LogP contribution in [0.1, 0.15) is 17.3 Å². The van der Waals surface area contributed by atoms with Gasteiger partial charge < -0.3 is 14.6 Å². The van der Waals surface area contributed by atoms with Gasteiger partial charge in [-0.15, -0.1) is 0 Å². The molecule has 6 heteroatoms. The maximum atomic E-state index is 5.22. The van der Waals surface area contributed by atoms with Gasteiger partial charge in [0.25, 0.3) is 0 Å². The van der Waals surface area contributed by atoms with E-state index < -0.39 is 0 Å². The van der Waals surface area contributed by atoms with Gasteiger partial charge in [0.2, 0.25) is 5.88 Å². The van der Waals surface area contributed by atoms with Crippen LogP contribution < -0.4 is 10.1 Å². The summed E-state index contributed by atoms with van der Waals surface area (Å²) in [6.45, 7) is 2.82. The zero-order valence-corrected chi connectivity index (χ0v) is 10.6. The molecular weight excluding hydrogens is 230 g/mol. The first-order valence-electron chi connectivity index (χ1n) is 6.05. The highest BCUT2D eigenvalue weighted by atomic mass is 16.5. The molecule has 1 saturated heterocycles. The van der Waals surface area contributed by atoms with Crippen molar-refractivity contribution in [3.63, 3.8) is 0 Å². The average Bonchev–Trinajstić information content (AvgIpc) is 2.85. The summed E-state index contributed by atoms with van der Waals surface area (Å²) >= 11 is 0. The molecule has 0 spiro atoms. The summed E-state index contributed by atoms with van der Waals surface area (Å²) in [4.78, 5) is 4.24. The maximum Gasteiger partial charge on any atom is 0.211 e. The SMILES string of the molecule is COc1cc(Cn2cncc2C2CNC2)nn1C. The van der Waals surface area contributed by atoms with E-state index in [4.69, 9.17) is 4.74 Å². The van der Waals surface area contributed by atoms with Gasteiger partial charge >= 0.3 is 0 Å². The summed E-state index contributed by atoms with van der Waals surface area (Å²) in [5.74, 6) is 1.36. The number of rotatable bonds is 4. The number of imidazole rings is 1. The van der Waals surface area contributed by atoms with Crippen LogP contribution in [0.3, 0.4) is 0 Å². The van der Waals surface area contributed by atoms with E-state index in [0.717, 1.165) is 31.2 Å². The topological polar surface area (TPSA) is 56.9 Å². The maximum absolute atomic E-state index is 5.22. The fraction of sp³-hybridized carbons (Fsp3) is 0.500. The smallest absolute Gasteiger partial charge is 0.211 e. The van der Waals surface area contributed by atoms with Crippen LogP contribution in [0.2, 0.25) is 0 Å². The summed E-state index contributed by atoms with van der Waals surface area (Å²) in [7, 11) is 3.54. The second-order valence-electron chi connectivity index (χ2n) is 4.60. The minimum Gasteiger partial charge on any atom is -0.481 e. The van der Waals surface area contributed by atoms with Gasteiger partial charge in [-0.3, -0.25) is 0 Å². The molecule has 0 radical (unpaired) electrons. The van der Waals surface area contributed by atoms with E-state index in [1.54, 1.807) is 11.8 Å². The Morgan fingerprint density at radius 2 is 2.33 bits per heavy atom. The van der Waals surface area contributed by atoms with E-state index in [1.807, 2.05) is 25.6 Å². The van der Waals surface area contributed by atoms with Crippen molar-refractivity contribution in [3.05, 3.63) is 30.0 Å². The average molecular weight is 247 g/mol. The molecule has 1 N–H and O–H groups in total. The van der Waals surface area contributed by atoms with Crippen LogP contribution in [-0.2, 0) is 13.6 Å². The third kappa shape index (κ3) is 1.88. The predicted octanol–water partition coefficient (Wildman–Crippen LogP) is 0.360. The summed E-state index contributed by atoms with van der Waals surface area (Å²) in [5.41, 5.74) is 2.26. The third-order valence-electron chi connectivity index (χ3n) is 3.37. The Bertz CT molecular complexity index is 540. The standard InChI is InChI=1S/C12H17N5O/c1-16-12(18-2)3-10(15-16)7-17-8-14-6-11(17)9-4-13-5-9/h3,6,8-9,13H,4-5,7H2,1-2H3. The number of hydrogen-bond donors (Lipinski definition) is 1. The Morgan fingerprint density at radius 3 is 2.94 bits per heavy atom. The Kier molecular flexibility index (Phi) is 2.79. The molecule has 3 heterocycles. The molecule has 0 bridgehead atoms. The normalized spacial score (nSPS) is 15.7. The van der Waals surface area contributed by atoms with Crippen molar-refractivity contribution < 1.29 is 4.74 Å². The molecule has 0 amide bonds. The predicted molar refractivity (Wildman–Crippen MR) is 66.7 cm³/mol. The van der Waals surface area contributed by atoms with Crippen molar-refractivity contribution in [2.75, 3.05) is 20.2 Å². The van der Waals surface area contributed by atoms with Gasteiger partial charge in [0, 0.05) is 44.0 Å². The zero-order chi connectivity index (χ0) is 12.5. The van der Waals surface area contributed by atoms with E-state index in [-0.39, 0.29) is 0 Å². The Morgan fingerprint density at radius 1 is 1.50 bits per heavy atom. The van der Waals surface area contributed by atoms with Crippen LogP contribution in [0, 0.1) is 0 Å². The van der Waals surface area contributed by atoms with Crippen molar-refractivity contribution >= 4 is 0 Å². The lowest BCUT2D eigenvalue weighted by molar-refractivity contribution is 0.373. The van der Waals surface area contributed by atoms with E-state index in [1.165, 1.54) is 5.69 Å². The molecule has 3 rings (SSSR count). The molecule has 6 nitrogen and oxygen atoms in total. The second-order valence-corrected chi connectivity index (χ2v) is 4.60. The van der Waals surface area contributed by atoms with E-state index in [0.29, 0.717) is 5.92 Å². The van der Waals surface area contributed by atoms with Crippen molar-refractivity contribution in [2.45, 2.75) is 12.5 Å². The molecule has 18 heavy (non-hydrogen) atoms. The first-order chi connectivity index (χ1) is 8.78. The fourth-order valence-electron chi connectivity index (χ4n) is 2.25. The number of nitrogens with zero attached hydrogens (tertiary/aromatic N) is 4. The summed E-state index contributed by atoms with van der Waals surface area (Å²) in [5, 5.41) is 7.71. The van der Waals surface area contributed by atoms with E-state index >= 15 is 0 Å². The first-order valence-corrected chi connectivity index (χ1v) is 6.05. The highest BCUT2D eigenvalue weighted by Gasteiger charge is 2.22.